The molecule has 0 spiro atoms. The van der Waals surface area contributed by atoms with Gasteiger partial charge in [-0.15, -0.1) is 0 Å². The Kier molecular flexibility index (Phi) is 3.08. The molecule has 2 N–H and O–H groups in total. The molecular weight excluding hydrogens is 178 g/mol. The highest BCUT2D eigenvalue weighted by Gasteiger charge is 2.29. The van der Waals surface area contributed by atoms with Crippen molar-refractivity contribution in [1.29, 1.82) is 0 Å². The van der Waals surface area contributed by atoms with Crippen LogP contribution in [0.3, 0.4) is 0 Å². The van der Waals surface area contributed by atoms with Crippen molar-refractivity contribution in [3.63, 3.8) is 0 Å². The van der Waals surface area contributed by atoms with Crippen LogP contribution in [0.25, 0.3) is 0 Å². The summed E-state index contributed by atoms with van der Waals surface area (Å²) in [6, 6.07) is 0.0419. The first-order chi connectivity index (χ1) is 6.77. The van der Waals surface area contributed by atoms with Gasteiger partial charge < -0.3 is 15.2 Å². The van der Waals surface area contributed by atoms with Gasteiger partial charge in [-0.2, -0.15) is 0 Å². The van der Waals surface area contributed by atoms with Gasteiger partial charge in [0.15, 0.2) is 0 Å². The molecule has 14 heavy (non-hydrogen) atoms. The monoisotopic (exact) mass is 197 g/mol. The van der Waals surface area contributed by atoms with Crippen molar-refractivity contribution in [1.82, 2.24) is 0 Å². The minimum absolute atomic E-state index is 0.0419. The maximum atomic E-state index is 6.14. The first kappa shape index (κ1) is 9.99. The number of hydrogen-bond acceptors (Lipinski definition) is 3. The summed E-state index contributed by atoms with van der Waals surface area (Å²) in [4.78, 5) is 0. The van der Waals surface area contributed by atoms with Gasteiger partial charge in [-0.25, -0.2) is 0 Å². The summed E-state index contributed by atoms with van der Waals surface area (Å²) in [5.74, 6) is 0. The summed E-state index contributed by atoms with van der Waals surface area (Å²) in [6.07, 6.45) is 6.78. The normalized spacial score (nSPS) is 34.9. The zero-order chi connectivity index (χ0) is 9.97. The zero-order valence-electron chi connectivity index (χ0n) is 8.74. The van der Waals surface area contributed by atoms with Gasteiger partial charge in [0.05, 0.1) is 31.1 Å². The van der Waals surface area contributed by atoms with Gasteiger partial charge in [-0.3, -0.25) is 0 Å². The van der Waals surface area contributed by atoms with Crippen LogP contribution in [0.5, 0.6) is 0 Å². The predicted octanol–water partition coefficient (Wildman–Crippen LogP) is 1.58. The number of rotatable bonds is 2. The molecule has 3 unspecified atom stereocenters. The summed E-state index contributed by atoms with van der Waals surface area (Å²) in [6.45, 7) is 2.94. The largest absolute Gasteiger partial charge is 0.501 e. The Morgan fingerprint density at radius 1 is 1.50 bits per heavy atom. The Morgan fingerprint density at radius 3 is 2.93 bits per heavy atom. The molecule has 2 aliphatic rings. The van der Waals surface area contributed by atoms with E-state index in [4.69, 9.17) is 15.2 Å². The highest BCUT2D eigenvalue weighted by atomic mass is 16.5. The van der Waals surface area contributed by atoms with E-state index < -0.39 is 0 Å². The molecular formula is C11H19NO2. The molecule has 0 saturated carbocycles. The fourth-order valence-electron chi connectivity index (χ4n) is 2.17. The molecule has 0 aliphatic carbocycles. The van der Waals surface area contributed by atoms with E-state index in [2.05, 4.69) is 6.92 Å². The molecule has 1 fully saturated rings. The number of hydrogen-bond donors (Lipinski definition) is 1. The summed E-state index contributed by atoms with van der Waals surface area (Å²) in [5, 5.41) is 0. The molecule has 2 heterocycles. The standard InChI is InChI=1S/C11H19NO2/c1-8-4-5-10(14-8)11(12)9-3-2-6-13-7-9/h7-8,10-11H,2-6,12H2,1H3. The van der Waals surface area contributed by atoms with Crippen LogP contribution in [0.2, 0.25) is 0 Å². The summed E-state index contributed by atoms with van der Waals surface area (Å²) in [5.41, 5.74) is 7.36. The van der Waals surface area contributed by atoms with Crippen LogP contribution >= 0.6 is 0 Å². The van der Waals surface area contributed by atoms with E-state index in [0.717, 1.165) is 32.3 Å². The molecule has 0 aromatic heterocycles. The topological polar surface area (TPSA) is 44.5 Å². The molecule has 80 valence electrons. The lowest BCUT2D eigenvalue weighted by Gasteiger charge is -2.24. The van der Waals surface area contributed by atoms with Crippen molar-refractivity contribution in [2.75, 3.05) is 6.61 Å². The molecule has 2 aliphatic heterocycles. The summed E-state index contributed by atoms with van der Waals surface area (Å²) >= 11 is 0. The van der Waals surface area contributed by atoms with Gasteiger partial charge in [0.1, 0.15) is 0 Å². The molecule has 0 bridgehead atoms. The third-order valence-electron chi connectivity index (χ3n) is 3.06. The fourth-order valence-corrected chi connectivity index (χ4v) is 2.17. The lowest BCUT2D eigenvalue weighted by Crippen LogP contribution is -2.37. The minimum Gasteiger partial charge on any atom is -0.501 e. The van der Waals surface area contributed by atoms with Gasteiger partial charge >= 0.3 is 0 Å². The predicted molar refractivity (Wildman–Crippen MR) is 54.8 cm³/mol. The third-order valence-corrected chi connectivity index (χ3v) is 3.06. The van der Waals surface area contributed by atoms with Gasteiger partial charge in [-0.1, -0.05) is 0 Å². The lowest BCUT2D eigenvalue weighted by atomic mass is 9.96. The van der Waals surface area contributed by atoms with Crippen LogP contribution in [-0.2, 0) is 9.47 Å². The number of ether oxygens (including phenoxy) is 2. The highest BCUT2D eigenvalue weighted by Crippen LogP contribution is 2.26. The molecule has 0 amide bonds. The van der Waals surface area contributed by atoms with Crippen molar-refractivity contribution >= 4 is 0 Å². The van der Waals surface area contributed by atoms with Crippen LogP contribution in [0.4, 0.5) is 0 Å². The van der Waals surface area contributed by atoms with E-state index >= 15 is 0 Å². The zero-order valence-corrected chi connectivity index (χ0v) is 8.74. The molecule has 0 radical (unpaired) electrons. The smallest absolute Gasteiger partial charge is 0.0876 e. The second kappa shape index (κ2) is 4.32. The van der Waals surface area contributed by atoms with Gasteiger partial charge in [0.25, 0.3) is 0 Å². The second-order valence-corrected chi connectivity index (χ2v) is 4.26. The van der Waals surface area contributed by atoms with Crippen molar-refractivity contribution in [3.8, 4) is 0 Å². The summed E-state index contributed by atoms with van der Waals surface area (Å²) < 4.78 is 11.0. The average Bonchev–Trinajstić information content (AvgIpc) is 2.65. The molecule has 3 nitrogen and oxygen atoms in total. The lowest BCUT2D eigenvalue weighted by molar-refractivity contribution is 0.0445. The van der Waals surface area contributed by atoms with E-state index in [9.17, 15) is 0 Å². The minimum atomic E-state index is 0.0419. The molecule has 1 saturated heterocycles. The second-order valence-electron chi connectivity index (χ2n) is 4.26. The van der Waals surface area contributed by atoms with E-state index in [1.54, 1.807) is 0 Å². The van der Waals surface area contributed by atoms with Crippen LogP contribution in [0, 0.1) is 0 Å². The van der Waals surface area contributed by atoms with E-state index in [0.29, 0.717) is 6.10 Å². The van der Waals surface area contributed by atoms with E-state index in [1.807, 2.05) is 6.26 Å². The van der Waals surface area contributed by atoms with Crippen molar-refractivity contribution in [3.05, 3.63) is 11.8 Å². The van der Waals surface area contributed by atoms with Crippen molar-refractivity contribution in [2.45, 2.75) is 50.9 Å². The quantitative estimate of drug-likeness (QED) is 0.731. The van der Waals surface area contributed by atoms with Crippen molar-refractivity contribution < 1.29 is 9.47 Å². The van der Waals surface area contributed by atoms with Crippen LogP contribution in [0.15, 0.2) is 11.8 Å². The van der Waals surface area contributed by atoms with Gasteiger partial charge in [0, 0.05) is 0 Å². The SMILES string of the molecule is CC1CCC(C(N)C2=COCCC2)O1. The summed E-state index contributed by atoms with van der Waals surface area (Å²) in [7, 11) is 0. The molecule has 0 aromatic carbocycles. The van der Waals surface area contributed by atoms with Crippen LogP contribution in [-0.4, -0.2) is 24.9 Å². The van der Waals surface area contributed by atoms with E-state index in [-0.39, 0.29) is 12.1 Å². The van der Waals surface area contributed by atoms with E-state index in [1.165, 1.54) is 5.57 Å². The Balaban J connectivity index is 1.93. The van der Waals surface area contributed by atoms with Crippen molar-refractivity contribution in [2.24, 2.45) is 5.73 Å². The van der Waals surface area contributed by atoms with Crippen LogP contribution < -0.4 is 5.73 Å². The molecule has 3 atom stereocenters. The Hall–Kier alpha value is -0.540. The molecule has 0 aromatic rings. The van der Waals surface area contributed by atoms with Crippen LogP contribution in [0.1, 0.15) is 32.6 Å². The fraction of sp³-hybridized carbons (Fsp3) is 0.818. The molecule has 2 rings (SSSR count). The Morgan fingerprint density at radius 2 is 2.36 bits per heavy atom. The average molecular weight is 197 g/mol. The maximum Gasteiger partial charge on any atom is 0.0876 e. The number of nitrogens with two attached hydrogens (primary N) is 1. The first-order valence-electron chi connectivity index (χ1n) is 5.49. The Bertz CT molecular complexity index is 227. The third kappa shape index (κ3) is 2.10. The molecule has 3 heteroatoms. The Labute approximate surface area is 85.3 Å². The van der Waals surface area contributed by atoms with Gasteiger partial charge in [0.2, 0.25) is 0 Å². The van der Waals surface area contributed by atoms with Gasteiger partial charge in [-0.05, 0) is 38.2 Å². The maximum absolute atomic E-state index is 6.14. The first-order valence-corrected chi connectivity index (χ1v) is 5.49. The highest BCUT2D eigenvalue weighted by molar-refractivity contribution is 5.12.